The molecular formula is C15H15NOS. The summed E-state index contributed by atoms with van der Waals surface area (Å²) in [5.41, 5.74) is 3.19. The highest BCUT2D eigenvalue weighted by atomic mass is 32.2. The zero-order valence-corrected chi connectivity index (χ0v) is 11.5. The summed E-state index contributed by atoms with van der Waals surface area (Å²) >= 11 is 1.59. The fraction of sp³-hybridized carbons (Fsp3) is 0.200. The fourth-order valence-electron chi connectivity index (χ4n) is 1.71. The SMILES string of the molecule is CC(=O)c1ccnc(Sc2ccc(C)cc2C)c1. The fourth-order valence-corrected chi connectivity index (χ4v) is 2.59. The first-order chi connectivity index (χ1) is 8.56. The lowest BCUT2D eigenvalue weighted by Crippen LogP contribution is -1.93. The Labute approximate surface area is 111 Å². The van der Waals surface area contributed by atoms with Crippen LogP contribution in [0.4, 0.5) is 0 Å². The molecule has 0 spiro atoms. The van der Waals surface area contributed by atoms with Crippen LogP contribution in [0.25, 0.3) is 0 Å². The van der Waals surface area contributed by atoms with Gasteiger partial charge in [0.1, 0.15) is 5.03 Å². The molecule has 0 aliphatic rings. The lowest BCUT2D eigenvalue weighted by Gasteiger charge is -2.06. The highest BCUT2D eigenvalue weighted by Gasteiger charge is 2.05. The molecule has 0 N–H and O–H groups in total. The van der Waals surface area contributed by atoms with Crippen LogP contribution in [0, 0.1) is 13.8 Å². The molecule has 0 atom stereocenters. The standard InChI is InChI=1S/C15H15NOS/c1-10-4-5-14(11(2)8-10)18-15-9-13(12(3)17)6-7-16-15/h4-9H,1-3H3. The molecule has 0 aliphatic heterocycles. The van der Waals surface area contributed by atoms with Crippen molar-refractivity contribution in [1.82, 2.24) is 4.98 Å². The molecule has 3 heteroatoms. The lowest BCUT2D eigenvalue weighted by atomic mass is 10.2. The monoisotopic (exact) mass is 257 g/mol. The Bertz CT molecular complexity index is 593. The van der Waals surface area contributed by atoms with E-state index in [0.717, 1.165) is 5.03 Å². The lowest BCUT2D eigenvalue weighted by molar-refractivity contribution is 0.101. The highest BCUT2D eigenvalue weighted by Crippen LogP contribution is 2.29. The molecule has 0 unspecified atom stereocenters. The van der Waals surface area contributed by atoms with Crippen molar-refractivity contribution in [3.8, 4) is 0 Å². The number of ketones is 1. The third kappa shape index (κ3) is 2.99. The molecule has 0 bridgehead atoms. The van der Waals surface area contributed by atoms with E-state index in [0.29, 0.717) is 5.56 Å². The average Bonchev–Trinajstić information content (AvgIpc) is 2.33. The topological polar surface area (TPSA) is 30.0 Å². The first-order valence-electron chi connectivity index (χ1n) is 5.78. The summed E-state index contributed by atoms with van der Waals surface area (Å²) in [6.45, 7) is 5.74. The smallest absolute Gasteiger partial charge is 0.159 e. The number of hydrogen-bond donors (Lipinski definition) is 0. The zero-order chi connectivity index (χ0) is 13.1. The molecule has 0 amide bonds. The van der Waals surface area contributed by atoms with E-state index < -0.39 is 0 Å². The van der Waals surface area contributed by atoms with Crippen LogP contribution in [0.5, 0.6) is 0 Å². The van der Waals surface area contributed by atoms with Gasteiger partial charge in [-0.2, -0.15) is 0 Å². The normalized spacial score (nSPS) is 10.4. The second kappa shape index (κ2) is 5.36. The Morgan fingerprint density at radius 3 is 2.61 bits per heavy atom. The predicted octanol–water partition coefficient (Wildman–Crippen LogP) is 4.05. The number of carbonyl (C=O) groups is 1. The van der Waals surface area contributed by atoms with E-state index >= 15 is 0 Å². The molecule has 1 heterocycles. The van der Waals surface area contributed by atoms with Crippen molar-refractivity contribution < 1.29 is 4.79 Å². The predicted molar refractivity (Wildman–Crippen MR) is 74.3 cm³/mol. The number of Topliss-reactive ketones (excluding diaryl/α,β-unsaturated/α-hetero) is 1. The molecular weight excluding hydrogens is 242 g/mol. The van der Waals surface area contributed by atoms with Gasteiger partial charge in [-0.05, 0) is 44.5 Å². The molecule has 1 aromatic heterocycles. The molecule has 2 aromatic rings. The maximum absolute atomic E-state index is 11.3. The molecule has 0 saturated heterocycles. The number of aromatic nitrogens is 1. The summed E-state index contributed by atoms with van der Waals surface area (Å²) in [5.74, 6) is 0.0693. The molecule has 18 heavy (non-hydrogen) atoms. The maximum atomic E-state index is 11.3. The summed E-state index contributed by atoms with van der Waals surface area (Å²) in [4.78, 5) is 16.8. The molecule has 0 aliphatic carbocycles. The number of benzene rings is 1. The number of aryl methyl sites for hydroxylation is 2. The molecule has 1 aromatic carbocycles. The minimum atomic E-state index is 0.0693. The summed E-state index contributed by atoms with van der Waals surface area (Å²) in [6, 6.07) is 9.92. The van der Waals surface area contributed by atoms with Crippen LogP contribution < -0.4 is 0 Å². The van der Waals surface area contributed by atoms with Crippen LogP contribution >= 0.6 is 11.8 Å². The third-order valence-corrected chi connectivity index (χ3v) is 3.80. The van der Waals surface area contributed by atoms with Crippen LogP contribution in [0.1, 0.15) is 28.4 Å². The quantitative estimate of drug-likeness (QED) is 0.777. The van der Waals surface area contributed by atoms with Gasteiger partial charge in [0.2, 0.25) is 0 Å². The Balaban J connectivity index is 2.28. The zero-order valence-electron chi connectivity index (χ0n) is 10.7. The van der Waals surface area contributed by atoms with E-state index in [4.69, 9.17) is 0 Å². The minimum Gasteiger partial charge on any atom is -0.295 e. The number of nitrogens with zero attached hydrogens (tertiary/aromatic N) is 1. The molecule has 0 radical (unpaired) electrons. The van der Waals surface area contributed by atoms with Crippen molar-refractivity contribution in [2.45, 2.75) is 30.7 Å². The second-order valence-corrected chi connectivity index (χ2v) is 5.37. The van der Waals surface area contributed by atoms with Gasteiger partial charge in [0, 0.05) is 16.7 Å². The van der Waals surface area contributed by atoms with E-state index in [1.807, 2.05) is 6.07 Å². The Hall–Kier alpha value is -1.61. The van der Waals surface area contributed by atoms with Crippen LogP contribution in [0.2, 0.25) is 0 Å². The van der Waals surface area contributed by atoms with E-state index in [1.165, 1.54) is 16.0 Å². The van der Waals surface area contributed by atoms with Crippen LogP contribution in [-0.4, -0.2) is 10.8 Å². The third-order valence-electron chi connectivity index (χ3n) is 2.69. The summed E-state index contributed by atoms with van der Waals surface area (Å²) in [6.07, 6.45) is 1.68. The molecule has 2 nitrogen and oxygen atoms in total. The number of carbonyl (C=O) groups excluding carboxylic acids is 1. The van der Waals surface area contributed by atoms with Gasteiger partial charge in [-0.25, -0.2) is 4.98 Å². The summed E-state index contributed by atoms with van der Waals surface area (Å²) < 4.78 is 0. The average molecular weight is 257 g/mol. The van der Waals surface area contributed by atoms with Crippen LogP contribution in [-0.2, 0) is 0 Å². The Kier molecular flexibility index (Phi) is 3.82. The van der Waals surface area contributed by atoms with Gasteiger partial charge in [0.05, 0.1) is 0 Å². The van der Waals surface area contributed by atoms with Gasteiger partial charge in [0.25, 0.3) is 0 Å². The van der Waals surface area contributed by atoms with E-state index in [1.54, 1.807) is 30.9 Å². The van der Waals surface area contributed by atoms with Gasteiger partial charge in [-0.15, -0.1) is 0 Å². The first kappa shape index (κ1) is 12.8. The van der Waals surface area contributed by atoms with E-state index in [9.17, 15) is 4.79 Å². The van der Waals surface area contributed by atoms with Crippen molar-refractivity contribution in [3.05, 3.63) is 53.2 Å². The van der Waals surface area contributed by atoms with E-state index in [-0.39, 0.29) is 5.78 Å². The highest BCUT2D eigenvalue weighted by molar-refractivity contribution is 7.99. The van der Waals surface area contributed by atoms with Crippen molar-refractivity contribution in [3.63, 3.8) is 0 Å². The summed E-state index contributed by atoms with van der Waals surface area (Å²) in [7, 11) is 0. The molecule has 0 fully saturated rings. The van der Waals surface area contributed by atoms with Gasteiger partial charge in [0.15, 0.2) is 5.78 Å². The summed E-state index contributed by atoms with van der Waals surface area (Å²) in [5, 5.41) is 0.856. The Morgan fingerprint density at radius 1 is 1.17 bits per heavy atom. The van der Waals surface area contributed by atoms with Crippen molar-refractivity contribution in [2.24, 2.45) is 0 Å². The minimum absolute atomic E-state index is 0.0693. The molecule has 2 rings (SSSR count). The van der Waals surface area contributed by atoms with Gasteiger partial charge in [-0.1, -0.05) is 29.5 Å². The van der Waals surface area contributed by atoms with Crippen LogP contribution in [0.15, 0.2) is 46.5 Å². The van der Waals surface area contributed by atoms with Gasteiger partial charge >= 0.3 is 0 Å². The molecule has 0 saturated carbocycles. The maximum Gasteiger partial charge on any atom is 0.159 e. The van der Waals surface area contributed by atoms with Crippen molar-refractivity contribution in [2.75, 3.05) is 0 Å². The number of pyridine rings is 1. The number of rotatable bonds is 3. The number of hydrogen-bond acceptors (Lipinski definition) is 3. The van der Waals surface area contributed by atoms with Gasteiger partial charge in [-0.3, -0.25) is 4.79 Å². The molecule has 92 valence electrons. The van der Waals surface area contributed by atoms with Crippen LogP contribution in [0.3, 0.4) is 0 Å². The second-order valence-electron chi connectivity index (χ2n) is 4.31. The van der Waals surface area contributed by atoms with Crippen molar-refractivity contribution in [1.29, 1.82) is 0 Å². The van der Waals surface area contributed by atoms with Gasteiger partial charge < -0.3 is 0 Å². The largest absolute Gasteiger partial charge is 0.295 e. The van der Waals surface area contributed by atoms with Crippen molar-refractivity contribution >= 4 is 17.5 Å². The van der Waals surface area contributed by atoms with E-state index in [2.05, 4.69) is 37.0 Å². The Morgan fingerprint density at radius 2 is 1.94 bits per heavy atom. The first-order valence-corrected chi connectivity index (χ1v) is 6.60.